The van der Waals surface area contributed by atoms with Crippen molar-refractivity contribution in [2.75, 3.05) is 13.1 Å². The van der Waals surface area contributed by atoms with Crippen LogP contribution in [-0.2, 0) is 13.1 Å². The smallest absolute Gasteiger partial charge is 0.0236 e. The molecule has 0 aromatic heterocycles. The van der Waals surface area contributed by atoms with Gasteiger partial charge in [-0.15, -0.1) is 0 Å². The van der Waals surface area contributed by atoms with Crippen LogP contribution in [0.15, 0.2) is 24.3 Å². The monoisotopic (exact) mass is 248 g/mol. The van der Waals surface area contributed by atoms with Gasteiger partial charge in [-0.2, -0.15) is 0 Å². The van der Waals surface area contributed by atoms with Gasteiger partial charge in [0.1, 0.15) is 0 Å². The number of hydrogen-bond acceptors (Lipinski definition) is 2. The summed E-state index contributed by atoms with van der Waals surface area (Å²) >= 11 is 0. The molecule has 2 nitrogen and oxygen atoms in total. The van der Waals surface area contributed by atoms with Gasteiger partial charge in [-0.05, 0) is 30.6 Å². The van der Waals surface area contributed by atoms with Gasteiger partial charge in [0.15, 0.2) is 0 Å². The number of unbranched alkanes of at least 4 members (excludes halogenated alkanes) is 3. The third kappa shape index (κ3) is 5.19. The Balaban J connectivity index is 2.46. The van der Waals surface area contributed by atoms with Crippen LogP contribution in [0.2, 0.25) is 0 Å². The summed E-state index contributed by atoms with van der Waals surface area (Å²) in [5.74, 6) is 0. The molecule has 102 valence electrons. The minimum Gasteiger partial charge on any atom is -0.326 e. The molecule has 0 heterocycles. The topological polar surface area (TPSA) is 29.3 Å². The lowest BCUT2D eigenvalue weighted by Gasteiger charge is -2.21. The van der Waals surface area contributed by atoms with Crippen molar-refractivity contribution in [2.24, 2.45) is 5.73 Å². The van der Waals surface area contributed by atoms with Crippen LogP contribution in [-0.4, -0.2) is 18.0 Å². The molecule has 0 spiro atoms. The van der Waals surface area contributed by atoms with Gasteiger partial charge >= 0.3 is 0 Å². The SMILES string of the molecule is CCCCCCN(CC)Cc1ccccc1CN. The van der Waals surface area contributed by atoms with E-state index in [4.69, 9.17) is 5.73 Å². The molecule has 0 unspecified atom stereocenters. The van der Waals surface area contributed by atoms with E-state index in [1.807, 2.05) is 0 Å². The molecule has 0 fully saturated rings. The van der Waals surface area contributed by atoms with E-state index >= 15 is 0 Å². The lowest BCUT2D eigenvalue weighted by Crippen LogP contribution is -2.25. The molecular weight excluding hydrogens is 220 g/mol. The van der Waals surface area contributed by atoms with Crippen LogP contribution in [0, 0.1) is 0 Å². The highest BCUT2D eigenvalue weighted by atomic mass is 15.1. The normalized spacial score (nSPS) is 11.1. The van der Waals surface area contributed by atoms with Crippen LogP contribution in [0.1, 0.15) is 50.7 Å². The van der Waals surface area contributed by atoms with E-state index in [-0.39, 0.29) is 0 Å². The maximum absolute atomic E-state index is 5.79. The molecule has 1 rings (SSSR count). The summed E-state index contributed by atoms with van der Waals surface area (Å²) < 4.78 is 0. The first-order valence-electron chi connectivity index (χ1n) is 7.31. The Morgan fingerprint density at radius 3 is 2.33 bits per heavy atom. The quantitative estimate of drug-likeness (QED) is 0.677. The zero-order valence-corrected chi connectivity index (χ0v) is 12.0. The van der Waals surface area contributed by atoms with Crippen molar-refractivity contribution in [3.8, 4) is 0 Å². The van der Waals surface area contributed by atoms with Crippen molar-refractivity contribution in [3.05, 3.63) is 35.4 Å². The summed E-state index contributed by atoms with van der Waals surface area (Å²) in [6, 6.07) is 8.53. The summed E-state index contributed by atoms with van der Waals surface area (Å²) in [4.78, 5) is 2.52. The van der Waals surface area contributed by atoms with Crippen LogP contribution < -0.4 is 5.73 Å². The van der Waals surface area contributed by atoms with Crippen molar-refractivity contribution in [3.63, 3.8) is 0 Å². The predicted octanol–water partition coefficient (Wildman–Crippen LogP) is 3.55. The minimum atomic E-state index is 0.642. The Bertz CT molecular complexity index is 323. The van der Waals surface area contributed by atoms with Gasteiger partial charge in [0, 0.05) is 13.1 Å². The van der Waals surface area contributed by atoms with E-state index < -0.39 is 0 Å². The van der Waals surface area contributed by atoms with E-state index in [9.17, 15) is 0 Å². The van der Waals surface area contributed by atoms with E-state index in [1.165, 1.54) is 43.4 Å². The standard InChI is InChI=1S/C16H28N2/c1-3-5-6-9-12-18(4-2)14-16-11-8-7-10-15(16)13-17/h7-8,10-11H,3-6,9,12-14,17H2,1-2H3. The van der Waals surface area contributed by atoms with Gasteiger partial charge < -0.3 is 5.73 Å². The highest BCUT2D eigenvalue weighted by Gasteiger charge is 2.06. The average molecular weight is 248 g/mol. The van der Waals surface area contributed by atoms with Gasteiger partial charge in [0.2, 0.25) is 0 Å². The maximum atomic E-state index is 5.79. The second-order valence-corrected chi connectivity index (χ2v) is 4.90. The molecule has 18 heavy (non-hydrogen) atoms. The largest absolute Gasteiger partial charge is 0.326 e. The second kappa shape index (κ2) is 9.12. The first-order valence-corrected chi connectivity index (χ1v) is 7.31. The summed E-state index contributed by atoms with van der Waals surface area (Å²) in [7, 11) is 0. The highest BCUT2D eigenvalue weighted by molar-refractivity contribution is 5.26. The van der Waals surface area contributed by atoms with E-state index in [0.29, 0.717) is 6.54 Å². The van der Waals surface area contributed by atoms with Gasteiger partial charge in [0.05, 0.1) is 0 Å². The number of hydrogen-bond donors (Lipinski definition) is 1. The van der Waals surface area contributed by atoms with Crippen LogP contribution in [0.5, 0.6) is 0 Å². The first kappa shape index (κ1) is 15.2. The molecule has 1 aromatic rings. The third-order valence-corrected chi connectivity index (χ3v) is 3.51. The van der Waals surface area contributed by atoms with Gasteiger partial charge in [0.25, 0.3) is 0 Å². The second-order valence-electron chi connectivity index (χ2n) is 4.90. The third-order valence-electron chi connectivity index (χ3n) is 3.51. The lowest BCUT2D eigenvalue weighted by atomic mass is 10.1. The summed E-state index contributed by atoms with van der Waals surface area (Å²) in [5.41, 5.74) is 8.46. The van der Waals surface area contributed by atoms with Crippen molar-refractivity contribution in [1.82, 2.24) is 4.90 Å². The molecule has 0 aliphatic carbocycles. The van der Waals surface area contributed by atoms with E-state index in [2.05, 4.69) is 43.0 Å². The molecule has 1 aromatic carbocycles. The molecule has 0 radical (unpaired) electrons. The molecule has 0 bridgehead atoms. The zero-order valence-electron chi connectivity index (χ0n) is 12.0. The van der Waals surface area contributed by atoms with Gasteiger partial charge in [-0.1, -0.05) is 57.4 Å². The fourth-order valence-corrected chi connectivity index (χ4v) is 2.26. The fraction of sp³-hybridized carbons (Fsp3) is 0.625. The molecular formula is C16H28N2. The van der Waals surface area contributed by atoms with E-state index in [1.54, 1.807) is 0 Å². The molecule has 0 saturated carbocycles. The zero-order chi connectivity index (χ0) is 13.2. The molecule has 2 N–H and O–H groups in total. The maximum Gasteiger partial charge on any atom is 0.0236 e. The molecule has 0 aliphatic rings. The van der Waals surface area contributed by atoms with Crippen LogP contribution in [0.25, 0.3) is 0 Å². The first-order chi connectivity index (χ1) is 8.81. The van der Waals surface area contributed by atoms with Crippen molar-refractivity contribution in [1.29, 1.82) is 0 Å². The minimum absolute atomic E-state index is 0.642. The van der Waals surface area contributed by atoms with Crippen molar-refractivity contribution < 1.29 is 0 Å². The van der Waals surface area contributed by atoms with Crippen LogP contribution in [0.4, 0.5) is 0 Å². The predicted molar refractivity (Wildman–Crippen MR) is 79.4 cm³/mol. The van der Waals surface area contributed by atoms with Crippen molar-refractivity contribution >= 4 is 0 Å². The fourth-order valence-electron chi connectivity index (χ4n) is 2.26. The van der Waals surface area contributed by atoms with Crippen molar-refractivity contribution in [2.45, 2.75) is 52.6 Å². The van der Waals surface area contributed by atoms with Gasteiger partial charge in [-0.25, -0.2) is 0 Å². The Kier molecular flexibility index (Phi) is 7.70. The average Bonchev–Trinajstić information content (AvgIpc) is 2.42. The number of rotatable bonds is 9. The molecule has 0 aliphatic heterocycles. The summed E-state index contributed by atoms with van der Waals surface area (Å²) in [6.45, 7) is 8.50. The Morgan fingerprint density at radius 1 is 1.00 bits per heavy atom. The summed E-state index contributed by atoms with van der Waals surface area (Å²) in [6.07, 6.45) is 5.33. The molecule has 2 heteroatoms. The Labute approximate surface area is 112 Å². The lowest BCUT2D eigenvalue weighted by molar-refractivity contribution is 0.272. The Hall–Kier alpha value is -0.860. The van der Waals surface area contributed by atoms with E-state index in [0.717, 1.165) is 13.1 Å². The number of nitrogens with zero attached hydrogens (tertiary/aromatic N) is 1. The number of benzene rings is 1. The molecule has 0 amide bonds. The van der Waals surface area contributed by atoms with Crippen LogP contribution >= 0.6 is 0 Å². The molecule has 0 atom stereocenters. The van der Waals surface area contributed by atoms with Crippen LogP contribution in [0.3, 0.4) is 0 Å². The number of nitrogens with two attached hydrogens (primary N) is 1. The highest BCUT2D eigenvalue weighted by Crippen LogP contribution is 2.12. The summed E-state index contributed by atoms with van der Waals surface area (Å²) in [5, 5.41) is 0. The van der Waals surface area contributed by atoms with Gasteiger partial charge in [-0.3, -0.25) is 4.90 Å². The Morgan fingerprint density at radius 2 is 1.72 bits per heavy atom. The molecule has 0 saturated heterocycles.